The Labute approximate surface area is 165 Å². The molecule has 1 N–H and O–H groups in total. The molecule has 1 aromatic heterocycles. The summed E-state index contributed by atoms with van der Waals surface area (Å²) in [4.78, 5) is 14.6. The van der Waals surface area contributed by atoms with E-state index in [0.717, 1.165) is 22.4 Å². The Kier molecular flexibility index (Phi) is 5.80. The van der Waals surface area contributed by atoms with E-state index in [1.165, 1.54) is 0 Å². The topological polar surface area (TPSA) is 67.6 Å². The van der Waals surface area contributed by atoms with Gasteiger partial charge in [0.15, 0.2) is 0 Å². The van der Waals surface area contributed by atoms with Crippen LogP contribution in [0.1, 0.15) is 27.2 Å². The number of aliphatic hydroxyl groups excluding tert-OH is 1. The molecule has 2 aromatic carbocycles. The largest absolute Gasteiger partial charge is 0.496 e. The van der Waals surface area contributed by atoms with Gasteiger partial charge in [-0.25, -0.2) is 0 Å². The second-order valence-electron chi connectivity index (χ2n) is 6.84. The van der Waals surface area contributed by atoms with Crippen LogP contribution in [0.25, 0.3) is 11.1 Å². The third kappa shape index (κ3) is 4.07. The second kappa shape index (κ2) is 8.27. The molecule has 1 amide bonds. The fraction of sp³-hybridized carbons (Fsp3) is 0.273. The lowest BCUT2D eigenvalue weighted by molar-refractivity contribution is 0.0785. The molecule has 0 fully saturated rings. The van der Waals surface area contributed by atoms with Gasteiger partial charge in [-0.05, 0) is 42.3 Å². The summed E-state index contributed by atoms with van der Waals surface area (Å²) in [6.45, 7) is 2.33. The van der Waals surface area contributed by atoms with Crippen LogP contribution in [0.5, 0.6) is 5.75 Å². The van der Waals surface area contributed by atoms with Crippen molar-refractivity contribution in [3.63, 3.8) is 0 Å². The highest BCUT2D eigenvalue weighted by molar-refractivity contribution is 5.95. The van der Waals surface area contributed by atoms with Crippen molar-refractivity contribution in [2.24, 2.45) is 7.05 Å². The molecule has 0 aliphatic carbocycles. The number of carbonyl (C=O) groups is 1. The van der Waals surface area contributed by atoms with Crippen LogP contribution in [0.15, 0.2) is 48.7 Å². The highest BCUT2D eigenvalue weighted by atomic mass is 16.5. The number of hydrogen-bond acceptors (Lipinski definition) is 4. The van der Waals surface area contributed by atoms with Crippen LogP contribution in [0, 0.1) is 6.92 Å². The summed E-state index contributed by atoms with van der Waals surface area (Å²) < 4.78 is 7.02. The zero-order valence-electron chi connectivity index (χ0n) is 16.6. The molecular formula is C22H25N3O3. The predicted octanol–water partition coefficient (Wildman–Crippen LogP) is 3.17. The first-order chi connectivity index (χ1) is 13.4. The summed E-state index contributed by atoms with van der Waals surface area (Å²) in [5.74, 6) is 0.589. The van der Waals surface area contributed by atoms with Crippen LogP contribution in [0.4, 0.5) is 0 Å². The Morgan fingerprint density at radius 2 is 1.93 bits per heavy atom. The van der Waals surface area contributed by atoms with Crippen LogP contribution in [-0.4, -0.2) is 39.9 Å². The molecule has 146 valence electrons. The SMILES string of the molecule is COc1ccc(-c2cccc(C(=O)N(C)Cc3cn(C)nc3C)c2)cc1CO. The molecule has 0 saturated heterocycles. The Bertz CT molecular complexity index is 994. The van der Waals surface area contributed by atoms with Gasteiger partial charge in [0.25, 0.3) is 5.91 Å². The Balaban J connectivity index is 1.84. The zero-order valence-corrected chi connectivity index (χ0v) is 16.6. The number of aliphatic hydroxyl groups is 1. The number of hydrogen-bond donors (Lipinski definition) is 1. The molecule has 3 aromatic rings. The van der Waals surface area contributed by atoms with Crippen molar-refractivity contribution in [2.75, 3.05) is 14.2 Å². The van der Waals surface area contributed by atoms with Gasteiger partial charge in [0, 0.05) is 43.5 Å². The average molecular weight is 379 g/mol. The third-order valence-electron chi connectivity index (χ3n) is 4.76. The van der Waals surface area contributed by atoms with E-state index in [0.29, 0.717) is 23.4 Å². The maximum atomic E-state index is 12.9. The first-order valence-corrected chi connectivity index (χ1v) is 9.05. The van der Waals surface area contributed by atoms with E-state index in [1.54, 1.807) is 23.7 Å². The van der Waals surface area contributed by atoms with Crippen LogP contribution >= 0.6 is 0 Å². The van der Waals surface area contributed by atoms with Gasteiger partial charge in [0.05, 0.1) is 19.4 Å². The number of nitrogens with zero attached hydrogens (tertiary/aromatic N) is 3. The molecule has 0 unspecified atom stereocenters. The van der Waals surface area contributed by atoms with Gasteiger partial charge in [-0.15, -0.1) is 0 Å². The number of rotatable bonds is 6. The van der Waals surface area contributed by atoms with Crippen molar-refractivity contribution in [1.29, 1.82) is 0 Å². The molecule has 0 bridgehead atoms. The molecule has 3 rings (SSSR count). The van der Waals surface area contributed by atoms with Gasteiger partial charge in [0.1, 0.15) is 5.75 Å². The number of aryl methyl sites for hydroxylation is 2. The Morgan fingerprint density at radius 1 is 1.18 bits per heavy atom. The number of aromatic nitrogens is 2. The maximum Gasteiger partial charge on any atom is 0.253 e. The number of amides is 1. The van der Waals surface area contributed by atoms with E-state index in [-0.39, 0.29) is 12.5 Å². The minimum Gasteiger partial charge on any atom is -0.496 e. The molecule has 6 heteroatoms. The highest BCUT2D eigenvalue weighted by Crippen LogP contribution is 2.27. The molecule has 0 spiro atoms. The van der Waals surface area contributed by atoms with Crippen molar-refractivity contribution in [3.05, 3.63) is 71.0 Å². The van der Waals surface area contributed by atoms with Crippen molar-refractivity contribution in [3.8, 4) is 16.9 Å². The first-order valence-electron chi connectivity index (χ1n) is 9.05. The average Bonchev–Trinajstić information content (AvgIpc) is 3.03. The highest BCUT2D eigenvalue weighted by Gasteiger charge is 2.15. The lowest BCUT2D eigenvalue weighted by Crippen LogP contribution is -2.26. The molecule has 1 heterocycles. The van der Waals surface area contributed by atoms with Gasteiger partial charge < -0.3 is 14.7 Å². The van der Waals surface area contributed by atoms with Crippen LogP contribution in [0.3, 0.4) is 0 Å². The van der Waals surface area contributed by atoms with E-state index < -0.39 is 0 Å². The normalized spacial score (nSPS) is 10.8. The second-order valence-corrected chi connectivity index (χ2v) is 6.84. The number of methoxy groups -OCH3 is 1. The number of benzene rings is 2. The predicted molar refractivity (Wildman–Crippen MR) is 108 cm³/mol. The summed E-state index contributed by atoms with van der Waals surface area (Å²) in [7, 11) is 5.24. The zero-order chi connectivity index (χ0) is 20.3. The van der Waals surface area contributed by atoms with Crippen molar-refractivity contribution < 1.29 is 14.6 Å². The van der Waals surface area contributed by atoms with E-state index in [9.17, 15) is 9.90 Å². The molecular weight excluding hydrogens is 354 g/mol. The number of ether oxygens (including phenoxy) is 1. The summed E-state index contributed by atoms with van der Waals surface area (Å²) in [6.07, 6.45) is 1.93. The molecule has 0 radical (unpaired) electrons. The van der Waals surface area contributed by atoms with E-state index in [2.05, 4.69) is 5.10 Å². The van der Waals surface area contributed by atoms with Gasteiger partial charge in [-0.3, -0.25) is 9.48 Å². The van der Waals surface area contributed by atoms with Crippen molar-refractivity contribution in [1.82, 2.24) is 14.7 Å². The minimum atomic E-state index is -0.108. The first kappa shape index (κ1) is 19.6. The van der Waals surface area contributed by atoms with Gasteiger partial charge >= 0.3 is 0 Å². The van der Waals surface area contributed by atoms with Crippen LogP contribution < -0.4 is 4.74 Å². The number of carbonyl (C=O) groups excluding carboxylic acids is 1. The monoisotopic (exact) mass is 379 g/mol. The fourth-order valence-corrected chi connectivity index (χ4v) is 3.27. The fourth-order valence-electron chi connectivity index (χ4n) is 3.27. The smallest absolute Gasteiger partial charge is 0.253 e. The third-order valence-corrected chi connectivity index (χ3v) is 4.76. The van der Waals surface area contributed by atoms with E-state index >= 15 is 0 Å². The maximum absolute atomic E-state index is 12.9. The summed E-state index contributed by atoms with van der Waals surface area (Å²) >= 11 is 0. The van der Waals surface area contributed by atoms with Crippen molar-refractivity contribution >= 4 is 5.91 Å². The van der Waals surface area contributed by atoms with Crippen LogP contribution in [0.2, 0.25) is 0 Å². The minimum absolute atomic E-state index is 0.0546. The molecule has 0 aliphatic heterocycles. The molecule has 0 atom stereocenters. The van der Waals surface area contributed by atoms with Gasteiger partial charge in [-0.1, -0.05) is 18.2 Å². The lowest BCUT2D eigenvalue weighted by Gasteiger charge is -2.17. The van der Waals surface area contributed by atoms with E-state index in [1.807, 2.05) is 62.6 Å². The molecule has 0 aliphatic rings. The van der Waals surface area contributed by atoms with Crippen molar-refractivity contribution in [2.45, 2.75) is 20.1 Å². The molecule has 28 heavy (non-hydrogen) atoms. The summed E-state index contributed by atoms with van der Waals surface area (Å²) in [5.41, 5.74) is 5.10. The van der Waals surface area contributed by atoms with Crippen LogP contribution in [-0.2, 0) is 20.2 Å². The molecule has 6 nitrogen and oxygen atoms in total. The van der Waals surface area contributed by atoms with E-state index in [4.69, 9.17) is 4.74 Å². The Hall–Kier alpha value is -3.12. The summed E-state index contributed by atoms with van der Waals surface area (Å²) in [5, 5.41) is 13.9. The Morgan fingerprint density at radius 3 is 2.57 bits per heavy atom. The quantitative estimate of drug-likeness (QED) is 0.714. The molecule has 0 saturated carbocycles. The summed E-state index contributed by atoms with van der Waals surface area (Å²) in [6, 6.07) is 13.1. The van der Waals surface area contributed by atoms with Gasteiger partial charge in [-0.2, -0.15) is 5.10 Å². The van der Waals surface area contributed by atoms with Gasteiger partial charge in [0.2, 0.25) is 0 Å². The lowest BCUT2D eigenvalue weighted by atomic mass is 10.00. The standard InChI is InChI=1S/C22H25N3O3/c1-15-20(13-25(3)23-15)12-24(2)22(27)18-7-5-6-16(10-18)17-8-9-21(28-4)19(11-17)14-26/h5-11,13,26H,12,14H2,1-4H3.